The zero-order valence-electron chi connectivity index (χ0n) is 14.9. The van der Waals surface area contributed by atoms with Crippen LogP contribution in [0.25, 0.3) is 49.9 Å². The number of aromatic nitrogens is 3. The lowest BCUT2D eigenvalue weighted by molar-refractivity contribution is 0.618. The van der Waals surface area contributed by atoms with E-state index in [2.05, 4.69) is 57.0 Å². The van der Waals surface area contributed by atoms with Crippen molar-refractivity contribution in [1.82, 2.24) is 14.5 Å². The van der Waals surface area contributed by atoms with E-state index in [4.69, 9.17) is 4.42 Å². The SMILES string of the molecule is c1ccc(-c2ccc(-n3c4ccccc4c4ccc5ccoc5c43)cn2)nc1. The third kappa shape index (κ3) is 2.12. The maximum Gasteiger partial charge on any atom is 0.158 e. The molecule has 0 saturated heterocycles. The lowest BCUT2D eigenvalue weighted by Crippen LogP contribution is -1.96. The Hall–Kier alpha value is -3.92. The molecule has 28 heavy (non-hydrogen) atoms. The minimum Gasteiger partial charge on any atom is -0.462 e. The van der Waals surface area contributed by atoms with Crippen molar-refractivity contribution in [3.63, 3.8) is 0 Å². The number of hydrogen-bond acceptors (Lipinski definition) is 3. The highest BCUT2D eigenvalue weighted by atomic mass is 16.3. The van der Waals surface area contributed by atoms with Crippen LogP contribution >= 0.6 is 0 Å². The van der Waals surface area contributed by atoms with E-state index < -0.39 is 0 Å². The van der Waals surface area contributed by atoms with Crippen LogP contribution in [0.5, 0.6) is 0 Å². The predicted octanol–water partition coefficient (Wildman–Crippen LogP) is 5.99. The van der Waals surface area contributed by atoms with Gasteiger partial charge in [-0.2, -0.15) is 0 Å². The van der Waals surface area contributed by atoms with Gasteiger partial charge in [0.15, 0.2) is 5.58 Å². The molecule has 0 bridgehead atoms. The van der Waals surface area contributed by atoms with Crippen LogP contribution in [-0.4, -0.2) is 14.5 Å². The molecular formula is C24H15N3O. The van der Waals surface area contributed by atoms with Gasteiger partial charge in [0.25, 0.3) is 0 Å². The summed E-state index contributed by atoms with van der Waals surface area (Å²) < 4.78 is 8.09. The Labute approximate surface area is 160 Å². The van der Waals surface area contributed by atoms with Crippen LogP contribution in [-0.2, 0) is 0 Å². The fraction of sp³-hybridized carbons (Fsp3) is 0. The average Bonchev–Trinajstić information content (AvgIpc) is 3.37. The van der Waals surface area contributed by atoms with Gasteiger partial charge in [-0.25, -0.2) is 0 Å². The first-order valence-corrected chi connectivity index (χ1v) is 9.17. The number of rotatable bonds is 2. The zero-order valence-corrected chi connectivity index (χ0v) is 14.9. The van der Waals surface area contributed by atoms with Crippen molar-refractivity contribution in [2.24, 2.45) is 0 Å². The van der Waals surface area contributed by atoms with Crippen molar-refractivity contribution >= 4 is 32.8 Å². The van der Waals surface area contributed by atoms with Gasteiger partial charge in [0, 0.05) is 22.4 Å². The highest BCUT2D eigenvalue weighted by molar-refractivity contribution is 6.17. The summed E-state index contributed by atoms with van der Waals surface area (Å²) in [5, 5.41) is 3.46. The highest BCUT2D eigenvalue weighted by Gasteiger charge is 2.16. The standard InChI is InChI=1S/C24H15N3O/c1-2-7-22-18(5-1)19-10-8-16-12-14-28-24(16)23(19)27(22)17-9-11-21(26-15-17)20-6-3-4-13-25-20/h1-15H. The van der Waals surface area contributed by atoms with Crippen LogP contribution in [0.3, 0.4) is 0 Å². The maximum atomic E-state index is 5.86. The molecule has 0 amide bonds. The predicted molar refractivity (Wildman–Crippen MR) is 112 cm³/mol. The number of fused-ring (bicyclic) bond motifs is 5. The summed E-state index contributed by atoms with van der Waals surface area (Å²) in [6, 6.07) is 24.6. The number of nitrogens with zero attached hydrogens (tertiary/aromatic N) is 3. The zero-order chi connectivity index (χ0) is 18.5. The highest BCUT2D eigenvalue weighted by Crippen LogP contribution is 2.36. The van der Waals surface area contributed by atoms with Gasteiger partial charge in [-0.15, -0.1) is 0 Å². The second kappa shape index (κ2) is 5.79. The fourth-order valence-electron chi connectivity index (χ4n) is 3.93. The summed E-state index contributed by atoms with van der Waals surface area (Å²) in [6.45, 7) is 0. The molecule has 4 aromatic heterocycles. The summed E-state index contributed by atoms with van der Waals surface area (Å²) in [4.78, 5) is 9.06. The molecule has 0 aliphatic carbocycles. The van der Waals surface area contributed by atoms with Crippen LogP contribution < -0.4 is 0 Å². The number of furan rings is 1. The minimum atomic E-state index is 0.855. The Bertz CT molecular complexity index is 1440. The van der Waals surface area contributed by atoms with Gasteiger partial charge in [0.1, 0.15) is 0 Å². The molecule has 0 aliphatic heterocycles. The number of hydrogen-bond donors (Lipinski definition) is 0. The molecule has 4 heterocycles. The van der Waals surface area contributed by atoms with Crippen LogP contribution in [0.4, 0.5) is 0 Å². The second-order valence-corrected chi connectivity index (χ2v) is 6.77. The van der Waals surface area contributed by atoms with Crippen molar-refractivity contribution in [3.8, 4) is 17.1 Å². The van der Waals surface area contributed by atoms with Gasteiger partial charge < -0.3 is 8.98 Å². The van der Waals surface area contributed by atoms with Gasteiger partial charge in [0.05, 0.1) is 40.6 Å². The number of para-hydroxylation sites is 1. The fourth-order valence-corrected chi connectivity index (χ4v) is 3.93. The normalized spacial score (nSPS) is 11.6. The van der Waals surface area contributed by atoms with E-state index in [0.29, 0.717) is 0 Å². The van der Waals surface area contributed by atoms with Crippen molar-refractivity contribution in [1.29, 1.82) is 0 Å². The number of pyridine rings is 2. The first-order valence-electron chi connectivity index (χ1n) is 9.17. The summed E-state index contributed by atoms with van der Waals surface area (Å²) in [5.41, 5.74) is 5.81. The van der Waals surface area contributed by atoms with Crippen molar-refractivity contribution in [2.45, 2.75) is 0 Å². The molecule has 0 spiro atoms. The van der Waals surface area contributed by atoms with Gasteiger partial charge in [0.2, 0.25) is 0 Å². The summed E-state index contributed by atoms with van der Waals surface area (Å²) in [6.07, 6.45) is 5.43. The van der Waals surface area contributed by atoms with E-state index in [0.717, 1.165) is 39.1 Å². The van der Waals surface area contributed by atoms with E-state index in [1.165, 1.54) is 10.8 Å². The molecule has 0 unspecified atom stereocenters. The Balaban J connectivity index is 1.66. The van der Waals surface area contributed by atoms with Gasteiger partial charge >= 0.3 is 0 Å². The molecule has 4 heteroatoms. The van der Waals surface area contributed by atoms with E-state index in [-0.39, 0.29) is 0 Å². The molecule has 0 aliphatic rings. The minimum absolute atomic E-state index is 0.855. The van der Waals surface area contributed by atoms with Crippen LogP contribution in [0.1, 0.15) is 0 Å². The largest absolute Gasteiger partial charge is 0.462 e. The Morgan fingerprint density at radius 1 is 0.714 bits per heavy atom. The number of benzene rings is 2. The second-order valence-electron chi connectivity index (χ2n) is 6.77. The summed E-state index contributed by atoms with van der Waals surface area (Å²) >= 11 is 0. The molecule has 6 rings (SSSR count). The summed E-state index contributed by atoms with van der Waals surface area (Å²) in [7, 11) is 0. The molecular weight excluding hydrogens is 346 g/mol. The Morgan fingerprint density at radius 3 is 2.46 bits per heavy atom. The monoisotopic (exact) mass is 361 g/mol. The molecule has 4 nitrogen and oxygen atoms in total. The lowest BCUT2D eigenvalue weighted by Gasteiger charge is -2.08. The van der Waals surface area contributed by atoms with Gasteiger partial charge in [-0.1, -0.05) is 36.4 Å². The third-order valence-corrected chi connectivity index (χ3v) is 5.19. The molecule has 0 saturated carbocycles. The Morgan fingerprint density at radius 2 is 1.61 bits per heavy atom. The molecule has 6 aromatic rings. The molecule has 0 radical (unpaired) electrons. The maximum absolute atomic E-state index is 5.86. The first-order chi connectivity index (χ1) is 13.9. The van der Waals surface area contributed by atoms with Crippen molar-refractivity contribution < 1.29 is 4.42 Å². The summed E-state index contributed by atoms with van der Waals surface area (Å²) in [5.74, 6) is 0. The Kier molecular flexibility index (Phi) is 3.14. The molecule has 0 atom stereocenters. The lowest BCUT2D eigenvalue weighted by atomic mass is 10.1. The third-order valence-electron chi connectivity index (χ3n) is 5.19. The van der Waals surface area contributed by atoms with Crippen LogP contribution in [0, 0.1) is 0 Å². The van der Waals surface area contributed by atoms with E-state index >= 15 is 0 Å². The quantitative estimate of drug-likeness (QED) is 0.381. The molecule has 0 fully saturated rings. The first kappa shape index (κ1) is 15.2. The molecule has 132 valence electrons. The van der Waals surface area contributed by atoms with Crippen molar-refractivity contribution in [2.75, 3.05) is 0 Å². The smallest absolute Gasteiger partial charge is 0.158 e. The van der Waals surface area contributed by atoms with Crippen LogP contribution in [0.2, 0.25) is 0 Å². The van der Waals surface area contributed by atoms with Crippen molar-refractivity contribution in [3.05, 3.63) is 91.5 Å². The van der Waals surface area contributed by atoms with Crippen LogP contribution in [0.15, 0.2) is 95.9 Å². The molecule has 0 N–H and O–H groups in total. The van der Waals surface area contributed by atoms with Gasteiger partial charge in [-0.05, 0) is 36.4 Å². The van der Waals surface area contributed by atoms with E-state index in [9.17, 15) is 0 Å². The topological polar surface area (TPSA) is 43.9 Å². The van der Waals surface area contributed by atoms with E-state index in [1.54, 1.807) is 12.5 Å². The average molecular weight is 361 g/mol. The van der Waals surface area contributed by atoms with E-state index in [1.807, 2.05) is 36.5 Å². The van der Waals surface area contributed by atoms with Gasteiger partial charge in [-0.3, -0.25) is 9.97 Å². The molecule has 2 aromatic carbocycles.